The lowest BCUT2D eigenvalue weighted by Gasteiger charge is -2.26. The van der Waals surface area contributed by atoms with Gasteiger partial charge in [0.05, 0.1) is 18.7 Å². The second-order valence-corrected chi connectivity index (χ2v) is 9.82. The highest BCUT2D eigenvalue weighted by atomic mass is 32.1. The van der Waals surface area contributed by atoms with Crippen LogP contribution >= 0.6 is 11.3 Å². The minimum absolute atomic E-state index is 0.106. The van der Waals surface area contributed by atoms with Crippen LogP contribution in [0.1, 0.15) is 46.1 Å². The molecule has 1 unspecified atom stereocenters. The van der Waals surface area contributed by atoms with E-state index in [0.717, 1.165) is 47.7 Å². The van der Waals surface area contributed by atoms with Crippen LogP contribution in [0.5, 0.6) is 11.5 Å². The number of likely N-dealkylation sites (tertiary alicyclic amines) is 1. The predicted molar refractivity (Wildman–Crippen MR) is 132 cm³/mol. The maximum absolute atomic E-state index is 13.2. The molecule has 1 amide bonds. The third-order valence-corrected chi connectivity index (χ3v) is 7.62. The quantitative estimate of drug-likeness (QED) is 0.561. The average Bonchev–Trinajstić information content (AvgIpc) is 3.57. The number of carbonyl (C=O) groups is 1. The summed E-state index contributed by atoms with van der Waals surface area (Å²) in [4.78, 5) is 16.6. The summed E-state index contributed by atoms with van der Waals surface area (Å²) in [5, 5.41) is 14.9. The molecule has 1 aromatic carbocycles. The highest BCUT2D eigenvalue weighted by Crippen LogP contribution is 2.38. The lowest BCUT2D eigenvalue weighted by atomic mass is 10.0. The van der Waals surface area contributed by atoms with Crippen molar-refractivity contribution in [2.45, 2.75) is 39.3 Å². The Morgan fingerprint density at radius 3 is 2.82 bits per heavy atom. The number of benzene rings is 1. The number of hydrogen-bond donors (Lipinski definition) is 1. The average molecular weight is 477 g/mol. The number of nitrogens with one attached hydrogen (secondary N) is 1. The fourth-order valence-electron chi connectivity index (χ4n) is 4.90. The Morgan fingerprint density at radius 2 is 2.06 bits per heavy atom. The van der Waals surface area contributed by atoms with E-state index in [-0.39, 0.29) is 18.5 Å². The van der Waals surface area contributed by atoms with Crippen LogP contribution in [0, 0.1) is 25.2 Å². The molecule has 7 nitrogen and oxygen atoms in total. The molecule has 0 aliphatic carbocycles. The zero-order valence-electron chi connectivity index (χ0n) is 19.5. The van der Waals surface area contributed by atoms with Crippen molar-refractivity contribution in [2.24, 2.45) is 0 Å². The molecule has 5 rings (SSSR count). The number of thiophene rings is 1. The third-order valence-electron chi connectivity index (χ3n) is 6.75. The number of fused-ring (bicyclic) bond motifs is 1. The van der Waals surface area contributed by atoms with Gasteiger partial charge in [-0.05, 0) is 67.9 Å². The molecule has 3 aromatic rings. The van der Waals surface area contributed by atoms with Crippen LogP contribution in [-0.4, -0.2) is 41.7 Å². The first-order valence-electron chi connectivity index (χ1n) is 11.6. The molecule has 4 heterocycles. The minimum Gasteiger partial charge on any atom is -0.486 e. The summed E-state index contributed by atoms with van der Waals surface area (Å²) < 4.78 is 13.5. The van der Waals surface area contributed by atoms with Crippen LogP contribution in [0.4, 0.5) is 5.82 Å². The maximum atomic E-state index is 13.2. The number of ether oxygens (including phenoxy) is 2. The summed E-state index contributed by atoms with van der Waals surface area (Å²) >= 11 is 1.67. The van der Waals surface area contributed by atoms with Gasteiger partial charge in [0.2, 0.25) is 5.91 Å². The number of anilines is 1. The lowest BCUT2D eigenvalue weighted by Crippen LogP contribution is -2.33. The Hall–Kier alpha value is -3.28. The number of rotatable bonds is 6. The molecule has 176 valence electrons. The Balaban J connectivity index is 1.34. The first-order chi connectivity index (χ1) is 16.5. The van der Waals surface area contributed by atoms with Gasteiger partial charge >= 0.3 is 0 Å². The van der Waals surface area contributed by atoms with E-state index in [2.05, 4.69) is 28.4 Å². The molecule has 1 N–H and O–H groups in total. The molecule has 1 saturated heterocycles. The van der Waals surface area contributed by atoms with Crippen molar-refractivity contribution >= 4 is 23.1 Å². The minimum atomic E-state index is -0.106. The third kappa shape index (κ3) is 4.29. The summed E-state index contributed by atoms with van der Waals surface area (Å²) in [7, 11) is 0. The van der Waals surface area contributed by atoms with Crippen molar-refractivity contribution in [1.29, 1.82) is 5.26 Å². The normalized spacial score (nSPS) is 17.5. The largest absolute Gasteiger partial charge is 0.486 e. The molecule has 2 aromatic heterocycles. The van der Waals surface area contributed by atoms with Gasteiger partial charge in [0.15, 0.2) is 11.5 Å². The number of aromatic nitrogens is 1. The van der Waals surface area contributed by atoms with Gasteiger partial charge in [-0.25, -0.2) is 0 Å². The number of carbonyl (C=O) groups excluding carboxylic acids is 1. The lowest BCUT2D eigenvalue weighted by molar-refractivity contribution is -0.117. The SMILES string of the molecule is Cc1c(C#N)c(NC(=O)CN2CCCC2c2ccc3c(c2)OCCO3)n(Cc2cccs2)c1C. The Labute approximate surface area is 203 Å². The van der Waals surface area contributed by atoms with E-state index in [9.17, 15) is 10.1 Å². The van der Waals surface area contributed by atoms with Crippen LogP contribution in [0.3, 0.4) is 0 Å². The fraction of sp³-hybridized carbons (Fsp3) is 0.385. The molecule has 2 aliphatic heterocycles. The number of nitrogens with zero attached hydrogens (tertiary/aromatic N) is 3. The topological polar surface area (TPSA) is 79.5 Å². The van der Waals surface area contributed by atoms with E-state index in [1.54, 1.807) is 11.3 Å². The van der Waals surface area contributed by atoms with Crippen molar-refractivity contribution in [1.82, 2.24) is 9.47 Å². The highest BCUT2D eigenvalue weighted by molar-refractivity contribution is 7.09. The van der Waals surface area contributed by atoms with Crippen molar-refractivity contribution in [3.63, 3.8) is 0 Å². The standard InChI is InChI=1S/C26H28N4O3S/c1-17-18(2)30(15-20-5-4-12-34-20)26(21(17)14-27)28-25(31)16-29-9-3-6-22(29)19-7-8-23-24(13-19)33-11-10-32-23/h4-5,7-8,12-13,22H,3,6,9-11,15-16H2,1-2H3,(H,28,31). The fourth-order valence-corrected chi connectivity index (χ4v) is 5.60. The van der Waals surface area contributed by atoms with Crippen LogP contribution < -0.4 is 14.8 Å². The van der Waals surface area contributed by atoms with E-state index in [1.807, 2.05) is 42.0 Å². The second kappa shape index (κ2) is 9.53. The van der Waals surface area contributed by atoms with Gasteiger partial charge < -0.3 is 19.4 Å². The van der Waals surface area contributed by atoms with Gasteiger partial charge in [-0.3, -0.25) is 9.69 Å². The van der Waals surface area contributed by atoms with Crippen molar-refractivity contribution in [3.8, 4) is 17.6 Å². The Morgan fingerprint density at radius 1 is 1.24 bits per heavy atom. The molecule has 2 aliphatic rings. The summed E-state index contributed by atoms with van der Waals surface area (Å²) in [5.41, 5.74) is 3.58. The van der Waals surface area contributed by atoms with Crippen LogP contribution in [0.25, 0.3) is 0 Å². The summed E-state index contributed by atoms with van der Waals surface area (Å²) in [6, 6.07) is 12.6. The predicted octanol–water partition coefficient (Wildman–Crippen LogP) is 4.63. The van der Waals surface area contributed by atoms with E-state index in [4.69, 9.17) is 9.47 Å². The van der Waals surface area contributed by atoms with Gasteiger partial charge in [-0.15, -0.1) is 11.3 Å². The number of hydrogen-bond acceptors (Lipinski definition) is 6. The van der Waals surface area contributed by atoms with Crippen molar-refractivity contribution in [2.75, 3.05) is 31.6 Å². The van der Waals surface area contributed by atoms with Crippen molar-refractivity contribution < 1.29 is 14.3 Å². The summed E-state index contributed by atoms with van der Waals surface area (Å²) in [6.45, 7) is 6.81. The second-order valence-electron chi connectivity index (χ2n) is 8.79. The molecule has 0 radical (unpaired) electrons. The maximum Gasteiger partial charge on any atom is 0.239 e. The van der Waals surface area contributed by atoms with Crippen LogP contribution in [-0.2, 0) is 11.3 Å². The van der Waals surface area contributed by atoms with E-state index < -0.39 is 0 Å². The van der Waals surface area contributed by atoms with Gasteiger partial charge in [-0.1, -0.05) is 12.1 Å². The molecule has 8 heteroatoms. The molecular weight excluding hydrogens is 448 g/mol. The van der Waals surface area contributed by atoms with E-state index in [1.165, 1.54) is 4.88 Å². The van der Waals surface area contributed by atoms with Crippen molar-refractivity contribution in [3.05, 3.63) is 63.0 Å². The highest BCUT2D eigenvalue weighted by Gasteiger charge is 2.29. The first-order valence-corrected chi connectivity index (χ1v) is 12.5. The molecule has 0 bridgehead atoms. The smallest absolute Gasteiger partial charge is 0.239 e. The molecule has 1 atom stereocenters. The molecular formula is C26H28N4O3S. The monoisotopic (exact) mass is 476 g/mol. The molecule has 34 heavy (non-hydrogen) atoms. The van der Waals surface area contributed by atoms with Crippen LogP contribution in [0.15, 0.2) is 35.7 Å². The number of amides is 1. The van der Waals surface area contributed by atoms with Gasteiger partial charge in [-0.2, -0.15) is 5.26 Å². The molecule has 1 fully saturated rings. The number of nitriles is 1. The Kier molecular flexibility index (Phi) is 6.31. The van der Waals surface area contributed by atoms with E-state index >= 15 is 0 Å². The molecule has 0 saturated carbocycles. The van der Waals surface area contributed by atoms with Gasteiger partial charge in [0.1, 0.15) is 25.1 Å². The Bertz CT molecular complexity index is 1240. The van der Waals surface area contributed by atoms with Gasteiger partial charge in [0.25, 0.3) is 0 Å². The summed E-state index contributed by atoms with van der Waals surface area (Å²) in [5.74, 6) is 2.03. The van der Waals surface area contributed by atoms with E-state index in [0.29, 0.717) is 31.1 Å². The first kappa shape index (κ1) is 22.5. The van der Waals surface area contributed by atoms with Gasteiger partial charge in [0, 0.05) is 16.6 Å². The zero-order valence-corrected chi connectivity index (χ0v) is 20.3. The summed E-state index contributed by atoms with van der Waals surface area (Å²) in [6.07, 6.45) is 2.02. The molecule has 0 spiro atoms. The zero-order chi connectivity index (χ0) is 23.7. The van der Waals surface area contributed by atoms with Crippen LogP contribution in [0.2, 0.25) is 0 Å².